The van der Waals surface area contributed by atoms with Gasteiger partial charge in [-0.2, -0.15) is 0 Å². The molecular formula is C41H28O. The Kier molecular flexibility index (Phi) is 4.73. The van der Waals surface area contributed by atoms with E-state index in [0.29, 0.717) is 0 Å². The molecule has 0 aromatic heterocycles. The third-order valence-corrected chi connectivity index (χ3v) is 9.47. The first-order valence-electron chi connectivity index (χ1n) is 14.7. The lowest BCUT2D eigenvalue weighted by molar-refractivity contribution is 0.487. The predicted molar refractivity (Wildman–Crippen MR) is 175 cm³/mol. The number of benzene rings is 7. The lowest BCUT2D eigenvalue weighted by Gasteiger charge is -2.24. The van der Waals surface area contributed by atoms with Crippen LogP contribution in [0.1, 0.15) is 25.0 Å². The van der Waals surface area contributed by atoms with Crippen LogP contribution in [0.4, 0.5) is 0 Å². The number of hydrogen-bond donors (Lipinski definition) is 0. The van der Waals surface area contributed by atoms with Crippen LogP contribution in [-0.4, -0.2) is 0 Å². The second-order valence-corrected chi connectivity index (χ2v) is 12.1. The van der Waals surface area contributed by atoms with Gasteiger partial charge in [0.25, 0.3) is 0 Å². The molecule has 1 nitrogen and oxygen atoms in total. The van der Waals surface area contributed by atoms with Gasteiger partial charge in [0.05, 0.1) is 0 Å². The molecule has 1 aliphatic heterocycles. The van der Waals surface area contributed by atoms with Crippen molar-refractivity contribution in [2.45, 2.75) is 19.3 Å². The molecule has 1 heterocycles. The van der Waals surface area contributed by atoms with Gasteiger partial charge in [0.15, 0.2) is 0 Å². The number of rotatable bonds is 2. The molecule has 1 heteroatoms. The average Bonchev–Trinajstić information content (AvgIpc) is 3.27. The number of fused-ring (bicyclic) bond motifs is 7. The molecule has 0 saturated carbocycles. The molecule has 0 amide bonds. The summed E-state index contributed by atoms with van der Waals surface area (Å²) in [5, 5.41) is 5.03. The Morgan fingerprint density at radius 2 is 1.21 bits per heavy atom. The van der Waals surface area contributed by atoms with Crippen molar-refractivity contribution in [1.29, 1.82) is 0 Å². The molecule has 0 saturated heterocycles. The van der Waals surface area contributed by atoms with E-state index >= 15 is 0 Å². The molecule has 0 fully saturated rings. The smallest absolute Gasteiger partial charge is 0.135 e. The zero-order valence-electron chi connectivity index (χ0n) is 23.6. The molecule has 9 rings (SSSR count). The van der Waals surface area contributed by atoms with Gasteiger partial charge in [-0.1, -0.05) is 123 Å². The molecule has 0 bridgehead atoms. The minimum Gasteiger partial charge on any atom is -0.456 e. The molecule has 7 aromatic rings. The van der Waals surface area contributed by atoms with Crippen molar-refractivity contribution in [3.63, 3.8) is 0 Å². The molecule has 7 aromatic carbocycles. The Bertz CT molecular complexity index is 2240. The van der Waals surface area contributed by atoms with Crippen LogP contribution < -0.4 is 4.74 Å². The van der Waals surface area contributed by atoms with Crippen LogP contribution in [-0.2, 0) is 5.41 Å². The second-order valence-electron chi connectivity index (χ2n) is 12.1. The fraction of sp³-hybridized carbons (Fsp3) is 0.0732. The Hall–Kier alpha value is -5.14. The molecule has 1 aliphatic carbocycles. The molecule has 198 valence electrons. The third-order valence-electron chi connectivity index (χ3n) is 9.47. The quantitative estimate of drug-likeness (QED) is 0.213. The van der Waals surface area contributed by atoms with Gasteiger partial charge in [-0.15, -0.1) is 0 Å². The third kappa shape index (κ3) is 3.19. The molecule has 0 atom stereocenters. The zero-order valence-corrected chi connectivity index (χ0v) is 23.6. The highest BCUT2D eigenvalue weighted by molar-refractivity contribution is 6.10. The Balaban J connectivity index is 1.23. The van der Waals surface area contributed by atoms with Gasteiger partial charge in [-0.25, -0.2) is 0 Å². The molecular weight excluding hydrogens is 508 g/mol. The first-order chi connectivity index (χ1) is 20.6. The Labute approximate surface area is 245 Å². The van der Waals surface area contributed by atoms with Gasteiger partial charge in [-0.3, -0.25) is 0 Å². The van der Waals surface area contributed by atoms with Gasteiger partial charge in [0.1, 0.15) is 11.5 Å². The lowest BCUT2D eigenvalue weighted by Crippen LogP contribution is -2.15. The summed E-state index contributed by atoms with van der Waals surface area (Å²) in [6.07, 6.45) is 0. The molecule has 0 radical (unpaired) electrons. The fourth-order valence-electron chi connectivity index (χ4n) is 7.37. The minimum atomic E-state index is -0.0764. The van der Waals surface area contributed by atoms with E-state index in [1.54, 1.807) is 0 Å². The normalized spacial score (nSPS) is 13.9. The number of hydrogen-bond acceptors (Lipinski definition) is 1. The van der Waals surface area contributed by atoms with Crippen LogP contribution in [0.15, 0.2) is 133 Å². The Morgan fingerprint density at radius 3 is 2.12 bits per heavy atom. The van der Waals surface area contributed by atoms with Crippen molar-refractivity contribution >= 4 is 21.5 Å². The van der Waals surface area contributed by atoms with E-state index < -0.39 is 0 Å². The van der Waals surface area contributed by atoms with Crippen molar-refractivity contribution in [3.8, 4) is 56.0 Å². The van der Waals surface area contributed by atoms with Crippen molar-refractivity contribution in [1.82, 2.24) is 0 Å². The first kappa shape index (κ1) is 23.6. The molecule has 0 spiro atoms. The summed E-state index contributed by atoms with van der Waals surface area (Å²) in [5.74, 6) is 1.83. The van der Waals surface area contributed by atoms with E-state index in [9.17, 15) is 0 Å². The van der Waals surface area contributed by atoms with Crippen molar-refractivity contribution < 1.29 is 4.74 Å². The lowest BCUT2D eigenvalue weighted by atomic mass is 9.81. The van der Waals surface area contributed by atoms with Gasteiger partial charge in [0.2, 0.25) is 0 Å². The summed E-state index contributed by atoms with van der Waals surface area (Å²) in [7, 11) is 0. The van der Waals surface area contributed by atoms with Gasteiger partial charge < -0.3 is 4.74 Å². The Morgan fingerprint density at radius 1 is 0.452 bits per heavy atom. The van der Waals surface area contributed by atoms with Crippen LogP contribution in [0.5, 0.6) is 11.5 Å². The molecule has 2 aliphatic rings. The minimum absolute atomic E-state index is 0.0764. The molecule has 0 unspecified atom stereocenters. The van der Waals surface area contributed by atoms with Crippen LogP contribution in [0.25, 0.3) is 66.1 Å². The average molecular weight is 537 g/mol. The summed E-state index contributed by atoms with van der Waals surface area (Å²) < 4.78 is 6.52. The number of ether oxygens (including phenoxy) is 1. The largest absolute Gasteiger partial charge is 0.456 e. The van der Waals surface area contributed by atoms with Crippen LogP contribution >= 0.6 is 0 Å². The van der Waals surface area contributed by atoms with E-state index in [4.69, 9.17) is 4.74 Å². The van der Waals surface area contributed by atoms with Crippen molar-refractivity contribution in [2.75, 3.05) is 0 Å². The van der Waals surface area contributed by atoms with E-state index in [2.05, 4.69) is 147 Å². The van der Waals surface area contributed by atoms with E-state index in [0.717, 1.165) is 17.1 Å². The van der Waals surface area contributed by atoms with Crippen molar-refractivity contribution in [2.24, 2.45) is 0 Å². The fourth-order valence-corrected chi connectivity index (χ4v) is 7.37. The summed E-state index contributed by atoms with van der Waals surface area (Å²) in [5.41, 5.74) is 12.7. The van der Waals surface area contributed by atoms with Crippen LogP contribution in [0.2, 0.25) is 0 Å². The highest BCUT2D eigenvalue weighted by Crippen LogP contribution is 2.53. The topological polar surface area (TPSA) is 9.23 Å². The summed E-state index contributed by atoms with van der Waals surface area (Å²) in [6, 6.07) is 48.6. The van der Waals surface area contributed by atoms with E-state index in [-0.39, 0.29) is 5.41 Å². The van der Waals surface area contributed by atoms with Gasteiger partial charge in [0, 0.05) is 16.4 Å². The SMILES string of the molecule is CC1(C)c2cc(-c3ccc4c5c(cccc35)-c3cc(-c5ccccc5)ccc3O4)ccc2-c2c1ccc1ccccc21. The first-order valence-corrected chi connectivity index (χ1v) is 14.7. The highest BCUT2D eigenvalue weighted by Gasteiger charge is 2.36. The highest BCUT2D eigenvalue weighted by atomic mass is 16.5. The maximum atomic E-state index is 6.52. The standard InChI is InChI=1S/C41H28O/c1-41(2)35-20-16-26-11-6-7-12-30(26)39(35)33-18-15-28(24-36(33)41)29-19-22-38-40-31(29)13-8-14-32(40)34-23-27(17-21-37(34)42-38)25-9-4-3-5-10-25/h3-24H,1-2H3. The molecule has 0 N–H and O–H groups in total. The zero-order chi connectivity index (χ0) is 28.0. The monoisotopic (exact) mass is 536 g/mol. The summed E-state index contributed by atoms with van der Waals surface area (Å²) >= 11 is 0. The van der Waals surface area contributed by atoms with Gasteiger partial charge >= 0.3 is 0 Å². The predicted octanol–water partition coefficient (Wildman–Crippen LogP) is 11.4. The second kappa shape index (κ2) is 8.44. The molecule has 42 heavy (non-hydrogen) atoms. The maximum absolute atomic E-state index is 6.52. The van der Waals surface area contributed by atoms with E-state index in [1.165, 1.54) is 71.6 Å². The van der Waals surface area contributed by atoms with Crippen LogP contribution in [0.3, 0.4) is 0 Å². The van der Waals surface area contributed by atoms with E-state index in [1.807, 2.05) is 0 Å². The van der Waals surface area contributed by atoms with Crippen molar-refractivity contribution in [3.05, 3.63) is 145 Å². The van der Waals surface area contributed by atoms with Crippen LogP contribution in [0, 0.1) is 0 Å². The summed E-state index contributed by atoms with van der Waals surface area (Å²) in [6.45, 7) is 4.73. The van der Waals surface area contributed by atoms with Gasteiger partial charge in [-0.05, 0) is 90.5 Å². The summed E-state index contributed by atoms with van der Waals surface area (Å²) in [4.78, 5) is 0. The maximum Gasteiger partial charge on any atom is 0.135 e.